The van der Waals surface area contributed by atoms with E-state index in [2.05, 4.69) is 0 Å². The van der Waals surface area contributed by atoms with Crippen molar-refractivity contribution in [3.05, 3.63) is 0 Å². The van der Waals surface area contributed by atoms with Crippen molar-refractivity contribution in [3.63, 3.8) is 0 Å². The summed E-state index contributed by atoms with van der Waals surface area (Å²) < 4.78 is 0. The van der Waals surface area contributed by atoms with Crippen molar-refractivity contribution < 1.29 is 51.4 Å². The summed E-state index contributed by atoms with van der Waals surface area (Å²) in [4.78, 5) is 0. The second-order valence-electron chi connectivity index (χ2n) is 0. The summed E-state index contributed by atoms with van der Waals surface area (Å²) in [5.41, 5.74) is 0. The molecule has 0 spiro atoms. The molecule has 0 fully saturated rings. The van der Waals surface area contributed by atoms with E-state index >= 15 is 0 Å². The van der Waals surface area contributed by atoms with Gasteiger partial charge in [0, 0.05) is 20.4 Å². The molecule has 6 heavy (non-hydrogen) atoms. The Hall–Kier alpha value is 2.82. The van der Waals surface area contributed by atoms with Crippen LogP contribution in [0.25, 0.3) is 0 Å². The van der Waals surface area contributed by atoms with Crippen LogP contribution in [0.5, 0.6) is 0 Å². The number of hydrogen-bond donors (Lipinski definition) is 0. The van der Waals surface area contributed by atoms with Crippen LogP contribution < -0.4 is 29.6 Å². The quantitative estimate of drug-likeness (QED) is 0.488. The topological polar surface area (TPSA) is 0 Å². The van der Waals surface area contributed by atoms with Gasteiger partial charge in [0.25, 0.3) is 0 Å². The van der Waals surface area contributed by atoms with Gasteiger partial charge in [-0.05, 0) is 0 Å². The van der Waals surface area contributed by atoms with Crippen LogP contribution in [0.2, 0.25) is 0 Å². The van der Waals surface area contributed by atoms with Gasteiger partial charge in [-0.3, -0.25) is 0 Å². The van der Waals surface area contributed by atoms with Gasteiger partial charge in [-0.25, -0.2) is 0 Å². The Balaban J connectivity index is 0. The summed E-state index contributed by atoms with van der Waals surface area (Å²) >= 11 is 0. The van der Waals surface area contributed by atoms with Gasteiger partial charge in [-0.15, -0.1) is 49.6 Å². The summed E-state index contributed by atoms with van der Waals surface area (Å²) in [7, 11) is 0. The largest absolute Gasteiger partial charge is 1.00 e. The zero-order chi connectivity index (χ0) is 0. The third kappa shape index (κ3) is 29.0. The Labute approximate surface area is 99.7 Å². The van der Waals surface area contributed by atoms with E-state index in [1.165, 1.54) is 0 Å². The van der Waals surface area contributed by atoms with Gasteiger partial charge in [0.15, 0.2) is 0 Å². The van der Waals surface area contributed by atoms with E-state index in [0.717, 1.165) is 0 Å². The molecule has 0 rings (SSSR count). The van der Waals surface area contributed by atoms with E-state index in [4.69, 9.17) is 0 Å². The fraction of sp³-hybridized carbons (Fsp3) is 0. The molecule has 0 saturated heterocycles. The van der Waals surface area contributed by atoms with Crippen molar-refractivity contribution in [2.45, 2.75) is 0 Å². The van der Waals surface area contributed by atoms with Gasteiger partial charge in [0.05, 0.1) is 0 Å². The first kappa shape index (κ1) is 67.8. The number of rotatable bonds is 0. The van der Waals surface area contributed by atoms with E-state index in [1.807, 2.05) is 0 Å². The van der Waals surface area contributed by atoms with Crippen molar-refractivity contribution in [1.82, 2.24) is 0 Å². The Morgan fingerprint density at radius 1 is 0.667 bits per heavy atom. The molecule has 0 aromatic heterocycles. The summed E-state index contributed by atoms with van der Waals surface area (Å²) in [6.07, 6.45) is 0. The predicted molar refractivity (Wildman–Crippen MR) is 30.1 cm³/mol. The molecule has 0 amide bonds. The van der Waals surface area contributed by atoms with Gasteiger partial charge in [0.2, 0.25) is 0 Å². The molecular formula is H5Cl4NaPd. The average molecular weight is 276 g/mol. The fourth-order valence-electron chi connectivity index (χ4n) is 0. The van der Waals surface area contributed by atoms with E-state index in [-0.39, 0.29) is 101 Å². The van der Waals surface area contributed by atoms with Crippen molar-refractivity contribution in [3.8, 4) is 0 Å². The van der Waals surface area contributed by atoms with Gasteiger partial charge < -0.3 is 1.43 Å². The van der Waals surface area contributed by atoms with E-state index < -0.39 is 0 Å². The standard InChI is InChI=1S/4ClH.Na.Pd.H/h4*1H;;;/q;;;;+1;;-1. The third-order valence-corrected chi connectivity index (χ3v) is 0. The van der Waals surface area contributed by atoms with Crippen LogP contribution in [0.15, 0.2) is 0 Å². The molecule has 0 aliphatic carbocycles. The molecule has 44 valence electrons. The van der Waals surface area contributed by atoms with Crippen LogP contribution in [0.4, 0.5) is 0 Å². The van der Waals surface area contributed by atoms with Gasteiger partial charge in [0.1, 0.15) is 0 Å². The smallest absolute Gasteiger partial charge is 1.00 e. The van der Waals surface area contributed by atoms with Crippen LogP contribution in [0, 0.1) is 0 Å². The van der Waals surface area contributed by atoms with Crippen molar-refractivity contribution >= 4 is 49.6 Å². The maximum atomic E-state index is 0. The van der Waals surface area contributed by atoms with E-state index in [1.54, 1.807) is 0 Å². The summed E-state index contributed by atoms with van der Waals surface area (Å²) in [5, 5.41) is 0. The molecule has 0 aliphatic rings. The molecular weight excluding hydrogens is 271 g/mol. The minimum atomic E-state index is 0. The molecule has 0 atom stereocenters. The van der Waals surface area contributed by atoms with Crippen molar-refractivity contribution in [2.75, 3.05) is 0 Å². The van der Waals surface area contributed by atoms with Crippen LogP contribution in [-0.2, 0) is 20.4 Å². The first-order chi connectivity index (χ1) is 0. The maximum Gasteiger partial charge on any atom is 1.00 e. The first-order valence-corrected chi connectivity index (χ1v) is 0. The second kappa shape index (κ2) is 45.7. The Morgan fingerprint density at radius 3 is 0.667 bits per heavy atom. The summed E-state index contributed by atoms with van der Waals surface area (Å²) in [6.45, 7) is 0. The molecule has 6 heteroatoms. The fourth-order valence-corrected chi connectivity index (χ4v) is 0. The normalized spacial score (nSPS) is 0. The Bertz CT molecular complexity index is 11.7. The molecule has 0 radical (unpaired) electrons. The van der Waals surface area contributed by atoms with Crippen LogP contribution in [-0.4, -0.2) is 0 Å². The van der Waals surface area contributed by atoms with Crippen LogP contribution >= 0.6 is 49.6 Å². The molecule has 0 unspecified atom stereocenters. The minimum Gasteiger partial charge on any atom is -1.00 e. The molecule has 0 N–H and O–H groups in total. The maximum absolute atomic E-state index is 0. The van der Waals surface area contributed by atoms with Crippen molar-refractivity contribution in [1.29, 1.82) is 0 Å². The number of halogens is 4. The van der Waals surface area contributed by atoms with Gasteiger partial charge in [-0.2, -0.15) is 0 Å². The molecule has 0 saturated carbocycles. The van der Waals surface area contributed by atoms with Gasteiger partial charge in [-0.1, -0.05) is 0 Å². The summed E-state index contributed by atoms with van der Waals surface area (Å²) in [5.74, 6) is 0. The zero-order valence-electron chi connectivity index (χ0n) is 3.95. The van der Waals surface area contributed by atoms with Crippen molar-refractivity contribution in [2.24, 2.45) is 0 Å². The van der Waals surface area contributed by atoms with E-state index in [9.17, 15) is 0 Å². The minimum absolute atomic E-state index is 0. The molecule has 0 bridgehead atoms. The third-order valence-electron chi connectivity index (χ3n) is 0. The SMILES string of the molecule is Cl.Cl.Cl.Cl.[H-].[Na+].[Pd]. The average Bonchev–Trinajstić information content (AvgIpc) is 0. The first-order valence-electron chi connectivity index (χ1n) is 0. The molecule has 0 aliphatic heterocycles. The second-order valence-corrected chi connectivity index (χ2v) is 0. The van der Waals surface area contributed by atoms with Crippen LogP contribution in [0.1, 0.15) is 1.43 Å². The number of hydrogen-bond acceptors (Lipinski definition) is 0. The molecule has 0 nitrogen and oxygen atoms in total. The van der Waals surface area contributed by atoms with E-state index in [0.29, 0.717) is 0 Å². The van der Waals surface area contributed by atoms with Crippen LogP contribution in [0.3, 0.4) is 0 Å². The Kier molecular flexibility index (Phi) is 516. The predicted octanol–water partition coefficient (Wildman–Crippen LogP) is -1.20. The zero-order valence-corrected chi connectivity index (χ0v) is 9.77. The summed E-state index contributed by atoms with van der Waals surface area (Å²) in [6, 6.07) is 0. The molecule has 0 aromatic rings. The Morgan fingerprint density at radius 2 is 0.667 bits per heavy atom. The molecule has 0 heterocycles. The monoisotopic (exact) mass is 274 g/mol. The molecule has 0 aromatic carbocycles. The van der Waals surface area contributed by atoms with Gasteiger partial charge >= 0.3 is 29.6 Å².